The van der Waals surface area contributed by atoms with Crippen LogP contribution < -0.4 is 4.74 Å². The average Bonchev–Trinajstić information content (AvgIpc) is 3.23. The zero-order chi connectivity index (χ0) is 21.0. The van der Waals surface area contributed by atoms with Gasteiger partial charge in [-0.2, -0.15) is 0 Å². The molecule has 0 unspecified atom stereocenters. The molecule has 0 radical (unpaired) electrons. The SMILES string of the molecule is Cc1cc(OCC(=O)N2CCN(CC(=O)N3CCCC3)CC2)c(C(C)C)cc1Cl. The highest BCUT2D eigenvalue weighted by atomic mass is 35.5. The summed E-state index contributed by atoms with van der Waals surface area (Å²) < 4.78 is 5.88. The Morgan fingerprint density at radius 1 is 1.00 bits per heavy atom. The molecule has 2 saturated heterocycles. The summed E-state index contributed by atoms with van der Waals surface area (Å²) in [5.41, 5.74) is 1.95. The molecule has 2 heterocycles. The summed E-state index contributed by atoms with van der Waals surface area (Å²) in [7, 11) is 0. The van der Waals surface area contributed by atoms with Crippen LogP contribution in [-0.2, 0) is 9.59 Å². The largest absolute Gasteiger partial charge is 0.483 e. The number of hydrogen-bond acceptors (Lipinski definition) is 4. The lowest BCUT2D eigenvalue weighted by Gasteiger charge is -2.35. The molecular weight excluding hydrogens is 390 g/mol. The van der Waals surface area contributed by atoms with Gasteiger partial charge in [-0.05, 0) is 48.9 Å². The zero-order valence-corrected chi connectivity index (χ0v) is 18.5. The molecule has 6 nitrogen and oxygen atoms in total. The molecule has 2 fully saturated rings. The van der Waals surface area contributed by atoms with Crippen molar-refractivity contribution in [3.05, 3.63) is 28.3 Å². The van der Waals surface area contributed by atoms with Crippen LogP contribution in [0.3, 0.4) is 0 Å². The summed E-state index contributed by atoms with van der Waals surface area (Å²) in [6.07, 6.45) is 2.22. The van der Waals surface area contributed by atoms with Crippen LogP contribution in [0.15, 0.2) is 12.1 Å². The van der Waals surface area contributed by atoms with Crippen LogP contribution in [0.1, 0.15) is 43.7 Å². The minimum Gasteiger partial charge on any atom is -0.483 e. The second-order valence-corrected chi connectivity index (χ2v) is 8.73. The molecule has 2 amide bonds. The van der Waals surface area contributed by atoms with Crippen LogP contribution in [0.25, 0.3) is 0 Å². The molecule has 0 atom stereocenters. The number of nitrogens with zero attached hydrogens (tertiary/aromatic N) is 3. The number of carbonyl (C=O) groups is 2. The first kappa shape index (κ1) is 21.9. The quantitative estimate of drug-likeness (QED) is 0.708. The Kier molecular flexibility index (Phi) is 7.41. The highest BCUT2D eigenvalue weighted by molar-refractivity contribution is 6.31. The van der Waals surface area contributed by atoms with E-state index in [2.05, 4.69) is 18.7 Å². The fourth-order valence-electron chi connectivity index (χ4n) is 3.89. The van der Waals surface area contributed by atoms with E-state index in [9.17, 15) is 9.59 Å². The second kappa shape index (κ2) is 9.81. The number of benzene rings is 1. The summed E-state index contributed by atoms with van der Waals surface area (Å²) >= 11 is 6.24. The number of halogens is 1. The Labute approximate surface area is 178 Å². The van der Waals surface area contributed by atoms with Gasteiger partial charge in [0, 0.05) is 44.3 Å². The molecule has 0 saturated carbocycles. The zero-order valence-electron chi connectivity index (χ0n) is 17.7. The first-order chi connectivity index (χ1) is 13.8. The number of piperazine rings is 1. The van der Waals surface area contributed by atoms with Gasteiger partial charge in [0.1, 0.15) is 5.75 Å². The lowest BCUT2D eigenvalue weighted by atomic mass is 10.0. The molecule has 0 bridgehead atoms. The van der Waals surface area contributed by atoms with Gasteiger partial charge in [-0.1, -0.05) is 25.4 Å². The predicted octanol–water partition coefficient (Wildman–Crippen LogP) is 2.92. The third-order valence-corrected chi connectivity index (χ3v) is 6.21. The maximum Gasteiger partial charge on any atom is 0.260 e. The lowest BCUT2D eigenvalue weighted by Crippen LogP contribution is -2.52. The van der Waals surface area contributed by atoms with E-state index in [4.69, 9.17) is 16.3 Å². The number of carbonyl (C=O) groups excluding carboxylic acids is 2. The van der Waals surface area contributed by atoms with Crippen LogP contribution in [0.2, 0.25) is 5.02 Å². The summed E-state index contributed by atoms with van der Waals surface area (Å²) in [5.74, 6) is 1.18. The fourth-order valence-corrected chi connectivity index (χ4v) is 4.06. The predicted molar refractivity (Wildman–Crippen MR) is 115 cm³/mol. The minimum absolute atomic E-state index is 0.0159. The van der Waals surface area contributed by atoms with E-state index >= 15 is 0 Å². The van der Waals surface area contributed by atoms with Crippen molar-refractivity contribution in [3.63, 3.8) is 0 Å². The fraction of sp³-hybridized carbons (Fsp3) is 0.636. The van der Waals surface area contributed by atoms with Crippen LogP contribution in [0.4, 0.5) is 0 Å². The van der Waals surface area contributed by atoms with Gasteiger partial charge >= 0.3 is 0 Å². The maximum atomic E-state index is 12.6. The maximum absolute atomic E-state index is 12.6. The first-order valence-electron chi connectivity index (χ1n) is 10.6. The highest BCUT2D eigenvalue weighted by Crippen LogP contribution is 2.32. The van der Waals surface area contributed by atoms with Gasteiger partial charge in [0.25, 0.3) is 5.91 Å². The third kappa shape index (κ3) is 5.64. The Bertz CT molecular complexity index is 739. The molecule has 1 aromatic rings. The molecule has 1 aromatic carbocycles. The van der Waals surface area contributed by atoms with Crippen molar-refractivity contribution in [3.8, 4) is 5.75 Å². The van der Waals surface area contributed by atoms with Gasteiger partial charge in [0.05, 0.1) is 6.54 Å². The van der Waals surface area contributed by atoms with Crippen molar-refractivity contribution in [1.29, 1.82) is 0 Å². The number of aryl methyl sites for hydroxylation is 1. The smallest absolute Gasteiger partial charge is 0.260 e. The summed E-state index contributed by atoms with van der Waals surface area (Å²) in [6.45, 7) is 11.1. The number of amides is 2. The third-order valence-electron chi connectivity index (χ3n) is 5.81. The molecular formula is C22H32ClN3O3. The number of ether oxygens (including phenoxy) is 1. The number of hydrogen-bond donors (Lipinski definition) is 0. The van der Waals surface area contributed by atoms with Gasteiger partial charge in [-0.15, -0.1) is 0 Å². The van der Waals surface area contributed by atoms with Gasteiger partial charge < -0.3 is 14.5 Å². The van der Waals surface area contributed by atoms with Crippen molar-refractivity contribution in [2.24, 2.45) is 0 Å². The molecule has 2 aliphatic rings. The normalized spacial score (nSPS) is 17.8. The standard InChI is InChI=1S/C22H32ClN3O3/c1-16(2)18-13-19(23)17(3)12-20(18)29-15-22(28)26-10-8-24(9-11-26)14-21(27)25-6-4-5-7-25/h12-13,16H,4-11,14-15H2,1-3H3. The summed E-state index contributed by atoms with van der Waals surface area (Å²) in [5, 5.41) is 0.715. The van der Waals surface area contributed by atoms with Crippen LogP contribution in [0, 0.1) is 6.92 Å². The van der Waals surface area contributed by atoms with E-state index in [0.29, 0.717) is 24.7 Å². The molecule has 7 heteroatoms. The van der Waals surface area contributed by atoms with Crippen LogP contribution in [-0.4, -0.2) is 78.9 Å². The first-order valence-corrected chi connectivity index (χ1v) is 10.9. The summed E-state index contributed by atoms with van der Waals surface area (Å²) in [4.78, 5) is 30.8. The van der Waals surface area contributed by atoms with Gasteiger partial charge in [-0.3, -0.25) is 14.5 Å². The Balaban J connectivity index is 1.48. The van der Waals surface area contributed by atoms with E-state index in [1.54, 1.807) is 0 Å². The lowest BCUT2D eigenvalue weighted by molar-refractivity contribution is -0.136. The van der Waals surface area contributed by atoms with Gasteiger partial charge in [0.2, 0.25) is 5.91 Å². The van der Waals surface area contributed by atoms with Crippen molar-refractivity contribution in [1.82, 2.24) is 14.7 Å². The molecule has 0 aliphatic carbocycles. The molecule has 3 rings (SSSR count). The topological polar surface area (TPSA) is 53.1 Å². The summed E-state index contributed by atoms with van der Waals surface area (Å²) in [6, 6.07) is 3.84. The second-order valence-electron chi connectivity index (χ2n) is 8.33. The van der Waals surface area contributed by atoms with Crippen molar-refractivity contribution >= 4 is 23.4 Å². The Morgan fingerprint density at radius 2 is 1.62 bits per heavy atom. The van der Waals surface area contributed by atoms with Crippen LogP contribution >= 0.6 is 11.6 Å². The molecule has 2 aliphatic heterocycles. The monoisotopic (exact) mass is 421 g/mol. The number of likely N-dealkylation sites (tertiary alicyclic amines) is 1. The van der Waals surface area contributed by atoms with E-state index in [-0.39, 0.29) is 24.3 Å². The van der Waals surface area contributed by atoms with Crippen molar-refractivity contribution < 1.29 is 14.3 Å². The Morgan fingerprint density at radius 3 is 2.24 bits per heavy atom. The number of rotatable bonds is 6. The van der Waals surface area contributed by atoms with Crippen molar-refractivity contribution in [2.45, 2.75) is 39.5 Å². The molecule has 29 heavy (non-hydrogen) atoms. The van der Waals surface area contributed by atoms with Gasteiger partial charge in [0.15, 0.2) is 6.61 Å². The highest BCUT2D eigenvalue weighted by Gasteiger charge is 2.25. The molecule has 0 N–H and O–H groups in total. The molecule has 0 aromatic heterocycles. The molecule has 160 valence electrons. The molecule has 0 spiro atoms. The average molecular weight is 422 g/mol. The van der Waals surface area contributed by atoms with E-state index in [1.165, 1.54) is 0 Å². The van der Waals surface area contributed by atoms with E-state index in [0.717, 1.165) is 55.9 Å². The van der Waals surface area contributed by atoms with E-state index in [1.807, 2.05) is 28.9 Å². The minimum atomic E-state index is -0.0159. The van der Waals surface area contributed by atoms with Crippen LogP contribution in [0.5, 0.6) is 5.75 Å². The Hall–Kier alpha value is -1.79. The van der Waals surface area contributed by atoms with E-state index < -0.39 is 0 Å². The van der Waals surface area contributed by atoms with Gasteiger partial charge in [-0.25, -0.2) is 0 Å². The van der Waals surface area contributed by atoms with Crippen molar-refractivity contribution in [2.75, 3.05) is 52.4 Å².